The van der Waals surface area contributed by atoms with Crippen molar-refractivity contribution < 1.29 is 4.79 Å². The average molecular weight is 408 g/mol. The molecule has 0 radical (unpaired) electrons. The fourth-order valence-electron chi connectivity index (χ4n) is 3.52. The molecule has 7 heteroatoms. The molecule has 1 unspecified atom stereocenters. The molecule has 1 aromatic carbocycles. The number of amidine groups is 1. The van der Waals surface area contributed by atoms with Crippen LogP contribution in [0.1, 0.15) is 50.8 Å². The maximum atomic E-state index is 13.0. The van der Waals surface area contributed by atoms with Crippen LogP contribution in [0.15, 0.2) is 58.9 Å². The van der Waals surface area contributed by atoms with E-state index in [-0.39, 0.29) is 12.1 Å². The molecular weight excluding hydrogens is 382 g/mol. The smallest absolute Gasteiger partial charge is 0.276 e. The van der Waals surface area contributed by atoms with Gasteiger partial charge in [0, 0.05) is 28.9 Å². The van der Waals surface area contributed by atoms with Crippen molar-refractivity contribution in [1.29, 1.82) is 0 Å². The lowest BCUT2D eigenvalue weighted by molar-refractivity contribution is -0.116. The van der Waals surface area contributed by atoms with Gasteiger partial charge in [0.25, 0.3) is 5.91 Å². The summed E-state index contributed by atoms with van der Waals surface area (Å²) in [5.74, 6) is 0.814. The summed E-state index contributed by atoms with van der Waals surface area (Å²) in [4.78, 5) is 22.0. The number of carbonyl (C=O) groups is 1. The summed E-state index contributed by atoms with van der Waals surface area (Å²) in [6.45, 7) is 2.22. The van der Waals surface area contributed by atoms with E-state index in [0.717, 1.165) is 28.3 Å². The van der Waals surface area contributed by atoms with E-state index in [1.54, 1.807) is 29.2 Å². The Balaban J connectivity index is 1.63. The van der Waals surface area contributed by atoms with Gasteiger partial charge in [0.05, 0.1) is 5.36 Å². The van der Waals surface area contributed by atoms with Gasteiger partial charge in [0.15, 0.2) is 11.3 Å². The van der Waals surface area contributed by atoms with E-state index in [1.807, 2.05) is 36.4 Å². The number of benzene rings is 1. The molecule has 2 aliphatic heterocycles. The van der Waals surface area contributed by atoms with Crippen LogP contribution >= 0.6 is 11.8 Å². The van der Waals surface area contributed by atoms with Gasteiger partial charge in [-0.1, -0.05) is 62.6 Å². The van der Waals surface area contributed by atoms with Crippen LogP contribution in [0.5, 0.6) is 0 Å². The van der Waals surface area contributed by atoms with Crippen LogP contribution in [0.25, 0.3) is 5.70 Å². The van der Waals surface area contributed by atoms with E-state index in [4.69, 9.17) is 10.1 Å². The molecule has 0 aliphatic carbocycles. The van der Waals surface area contributed by atoms with Gasteiger partial charge in [-0.05, 0) is 24.6 Å². The lowest BCUT2D eigenvalue weighted by atomic mass is 10.1. The van der Waals surface area contributed by atoms with Crippen LogP contribution in [-0.2, 0) is 4.79 Å². The van der Waals surface area contributed by atoms with Crippen LogP contribution in [-0.4, -0.2) is 26.8 Å². The molecule has 0 bridgehead atoms. The molecule has 150 valence electrons. The van der Waals surface area contributed by atoms with Crippen LogP contribution in [0.4, 0.5) is 0 Å². The van der Waals surface area contributed by atoms with Gasteiger partial charge in [-0.2, -0.15) is 0 Å². The van der Waals surface area contributed by atoms with Gasteiger partial charge in [0.1, 0.15) is 5.70 Å². The Morgan fingerprint density at radius 3 is 2.69 bits per heavy atom. The van der Waals surface area contributed by atoms with Crippen molar-refractivity contribution in [2.45, 2.75) is 45.2 Å². The molecule has 6 nitrogen and oxygen atoms in total. The number of pyridine rings is 1. The molecular formula is C22H25N5OS. The highest BCUT2D eigenvalue weighted by molar-refractivity contribution is 8.13. The second-order valence-corrected chi connectivity index (χ2v) is 8.20. The van der Waals surface area contributed by atoms with E-state index in [9.17, 15) is 4.79 Å². The quantitative estimate of drug-likeness (QED) is 0.717. The van der Waals surface area contributed by atoms with Crippen molar-refractivity contribution in [2.75, 3.05) is 5.75 Å². The van der Waals surface area contributed by atoms with Crippen LogP contribution in [0.2, 0.25) is 0 Å². The first-order valence-corrected chi connectivity index (χ1v) is 11.2. The Bertz CT molecular complexity index is 1020. The van der Waals surface area contributed by atoms with Crippen LogP contribution in [0, 0.1) is 0 Å². The number of carbonyl (C=O) groups excluding carboxylic acids is 1. The maximum Gasteiger partial charge on any atom is 0.276 e. The van der Waals surface area contributed by atoms with Crippen molar-refractivity contribution in [3.8, 4) is 0 Å². The number of amides is 1. The third kappa shape index (κ3) is 4.34. The number of para-hydroxylation sites is 1. The number of nitrogens with one attached hydrogen (secondary N) is 1. The van der Waals surface area contributed by atoms with E-state index < -0.39 is 0 Å². The first kappa shape index (κ1) is 19.6. The third-order valence-electron chi connectivity index (χ3n) is 5.01. The zero-order valence-corrected chi connectivity index (χ0v) is 17.4. The summed E-state index contributed by atoms with van der Waals surface area (Å²) < 4.78 is 0. The van der Waals surface area contributed by atoms with Crippen LogP contribution < -0.4 is 15.9 Å². The molecule has 3 heterocycles. The highest BCUT2D eigenvalue weighted by atomic mass is 32.2. The predicted molar refractivity (Wildman–Crippen MR) is 116 cm³/mol. The highest BCUT2D eigenvalue weighted by Gasteiger charge is 2.34. The van der Waals surface area contributed by atoms with Crippen molar-refractivity contribution in [1.82, 2.24) is 15.3 Å². The minimum Gasteiger partial charge on any atom is -0.298 e. The Labute approximate surface area is 174 Å². The molecule has 1 atom stereocenters. The molecule has 0 fully saturated rings. The van der Waals surface area contributed by atoms with Gasteiger partial charge >= 0.3 is 0 Å². The molecule has 29 heavy (non-hydrogen) atoms. The van der Waals surface area contributed by atoms with Gasteiger partial charge in [-0.3, -0.25) is 20.1 Å². The van der Waals surface area contributed by atoms with Gasteiger partial charge < -0.3 is 0 Å². The molecule has 2 aliphatic rings. The van der Waals surface area contributed by atoms with Crippen LogP contribution in [0.3, 0.4) is 0 Å². The van der Waals surface area contributed by atoms with Crippen molar-refractivity contribution in [3.63, 3.8) is 0 Å². The number of nitrogens with zero attached hydrogens (tertiary/aromatic N) is 4. The number of rotatable bonds is 7. The fraction of sp³-hybridized carbons (Fsp3) is 0.364. The number of hydrogen-bond donors (Lipinski definition) is 1. The summed E-state index contributed by atoms with van der Waals surface area (Å²) >= 11 is 1.60. The Morgan fingerprint density at radius 2 is 1.86 bits per heavy atom. The number of hydrogen-bond acceptors (Lipinski definition) is 6. The summed E-state index contributed by atoms with van der Waals surface area (Å²) in [5, 5.41) is 11.8. The van der Waals surface area contributed by atoms with Gasteiger partial charge in [-0.25, -0.2) is 5.01 Å². The number of fused-ring (bicyclic) bond motifs is 2. The number of aromatic nitrogens is 1. The normalized spacial score (nSPS) is 17.8. The number of unbranched alkanes of at least 4 members (excludes halogenated alkanes) is 4. The Hall–Kier alpha value is -2.67. The molecule has 4 rings (SSSR count). The van der Waals surface area contributed by atoms with E-state index in [0.29, 0.717) is 10.9 Å². The summed E-state index contributed by atoms with van der Waals surface area (Å²) in [7, 11) is 0. The van der Waals surface area contributed by atoms with Gasteiger partial charge in [-0.15, -0.1) is 5.10 Å². The topological polar surface area (TPSA) is 70.0 Å². The summed E-state index contributed by atoms with van der Waals surface area (Å²) in [6.07, 6.45) is 9.22. The second-order valence-electron chi connectivity index (χ2n) is 7.12. The van der Waals surface area contributed by atoms with E-state index in [1.165, 1.54) is 25.7 Å². The lowest BCUT2D eigenvalue weighted by Crippen LogP contribution is -2.50. The molecule has 2 aromatic rings. The third-order valence-corrected chi connectivity index (χ3v) is 5.96. The molecule has 1 aromatic heterocycles. The zero-order valence-electron chi connectivity index (χ0n) is 16.5. The number of thioether (sulfide) groups is 1. The summed E-state index contributed by atoms with van der Waals surface area (Å²) in [6, 6.07) is 11.6. The largest absolute Gasteiger partial charge is 0.298 e. The second kappa shape index (κ2) is 9.22. The monoisotopic (exact) mass is 407 g/mol. The minimum atomic E-state index is -0.380. The molecule has 0 saturated carbocycles. The SMILES string of the molecule is CCCCCCCSC1=NN2C(=c3ccccc3=NC2c2ccncc2)C(=O)N1. The number of hydrazone groups is 1. The van der Waals surface area contributed by atoms with E-state index in [2.05, 4.69) is 17.2 Å². The molecule has 0 spiro atoms. The minimum absolute atomic E-state index is 0.130. The van der Waals surface area contributed by atoms with E-state index >= 15 is 0 Å². The first-order chi connectivity index (χ1) is 14.3. The zero-order chi connectivity index (χ0) is 20.1. The van der Waals surface area contributed by atoms with Crippen molar-refractivity contribution in [2.24, 2.45) is 10.1 Å². The van der Waals surface area contributed by atoms with Gasteiger partial charge in [0.2, 0.25) is 0 Å². The fourth-order valence-corrected chi connectivity index (χ4v) is 4.37. The predicted octanol–water partition coefficient (Wildman–Crippen LogP) is 2.93. The lowest BCUT2D eigenvalue weighted by Gasteiger charge is -2.34. The maximum absolute atomic E-state index is 13.0. The molecule has 1 amide bonds. The average Bonchev–Trinajstić information content (AvgIpc) is 2.76. The molecule has 0 saturated heterocycles. The molecule has 1 N–H and O–H groups in total. The first-order valence-electron chi connectivity index (χ1n) is 10.2. The van der Waals surface area contributed by atoms with Crippen molar-refractivity contribution in [3.05, 3.63) is 64.9 Å². The Morgan fingerprint density at radius 1 is 1.07 bits per heavy atom. The highest BCUT2D eigenvalue weighted by Crippen LogP contribution is 2.30. The summed E-state index contributed by atoms with van der Waals surface area (Å²) in [5.41, 5.74) is 1.50. The van der Waals surface area contributed by atoms with Crippen molar-refractivity contribution >= 4 is 28.5 Å². The standard InChI is InChI=1S/C22H25N5OS/c1-2-3-4-5-8-15-29-22-25-21(28)19-17-9-6-7-10-18(17)24-20(27(19)26-22)16-11-13-23-14-12-16/h6-7,9-14,20H,2-5,8,15H2,1H3,(H,25,26,28). The Kier molecular flexibility index (Phi) is 6.24.